The molecule has 1 atom stereocenters. The highest BCUT2D eigenvalue weighted by Gasteiger charge is 2.09. The minimum absolute atomic E-state index is 0.431. The first-order valence-corrected chi connectivity index (χ1v) is 7.61. The molecule has 0 fully saturated rings. The first kappa shape index (κ1) is 14.8. The van der Waals surface area contributed by atoms with Crippen molar-refractivity contribution in [2.24, 2.45) is 0 Å². The molecule has 0 radical (unpaired) electrons. The molecule has 0 saturated heterocycles. The molecule has 0 heterocycles. The molecule has 0 saturated carbocycles. The van der Waals surface area contributed by atoms with Crippen LogP contribution in [0.4, 0.5) is 0 Å². The maximum Gasteiger partial charge on any atom is 0.0320 e. The molecule has 0 bridgehead atoms. The van der Waals surface area contributed by atoms with Gasteiger partial charge in [-0.3, -0.25) is 0 Å². The van der Waals surface area contributed by atoms with Crippen LogP contribution in [0.25, 0.3) is 0 Å². The van der Waals surface area contributed by atoms with Crippen molar-refractivity contribution in [1.29, 1.82) is 0 Å². The number of aryl methyl sites for hydroxylation is 2. The molecule has 0 amide bonds. The minimum Gasteiger partial charge on any atom is -0.306 e. The van der Waals surface area contributed by atoms with E-state index in [2.05, 4.69) is 74.6 Å². The molecule has 0 aliphatic rings. The van der Waals surface area contributed by atoms with Gasteiger partial charge in [0.2, 0.25) is 0 Å². The summed E-state index contributed by atoms with van der Waals surface area (Å²) in [5, 5.41) is 3.68. The molecule has 2 aromatic rings. The SMILES string of the molecule is CCc1ccc(C(CC)NCc2ccccc2C)cc1. The number of nitrogens with one attached hydrogen (secondary N) is 1. The third kappa shape index (κ3) is 3.71. The zero-order valence-electron chi connectivity index (χ0n) is 12.8. The van der Waals surface area contributed by atoms with E-state index in [0.717, 1.165) is 19.4 Å². The van der Waals surface area contributed by atoms with Crippen LogP contribution in [0.2, 0.25) is 0 Å². The largest absolute Gasteiger partial charge is 0.306 e. The lowest BCUT2D eigenvalue weighted by molar-refractivity contribution is 0.518. The summed E-state index contributed by atoms with van der Waals surface area (Å²) in [6, 6.07) is 18.0. The van der Waals surface area contributed by atoms with Gasteiger partial charge in [0.05, 0.1) is 0 Å². The molecule has 1 heteroatoms. The first-order chi connectivity index (χ1) is 9.74. The second-order valence-electron chi connectivity index (χ2n) is 5.36. The molecule has 1 nitrogen and oxygen atoms in total. The Labute approximate surface area is 123 Å². The number of hydrogen-bond donors (Lipinski definition) is 1. The van der Waals surface area contributed by atoms with Crippen LogP contribution in [-0.4, -0.2) is 0 Å². The van der Waals surface area contributed by atoms with E-state index in [0.29, 0.717) is 6.04 Å². The Morgan fingerprint density at radius 3 is 2.25 bits per heavy atom. The Morgan fingerprint density at radius 2 is 1.65 bits per heavy atom. The standard InChI is InChI=1S/C19H25N/c1-4-16-10-12-17(13-11-16)19(5-2)20-14-18-9-7-6-8-15(18)3/h6-13,19-20H,4-5,14H2,1-3H3. The highest BCUT2D eigenvalue weighted by atomic mass is 14.9. The zero-order valence-corrected chi connectivity index (χ0v) is 12.8. The van der Waals surface area contributed by atoms with E-state index in [-0.39, 0.29) is 0 Å². The van der Waals surface area contributed by atoms with Crippen LogP contribution in [0.15, 0.2) is 48.5 Å². The fraction of sp³-hybridized carbons (Fsp3) is 0.368. The van der Waals surface area contributed by atoms with Gasteiger partial charge in [-0.25, -0.2) is 0 Å². The van der Waals surface area contributed by atoms with Crippen molar-refractivity contribution in [3.63, 3.8) is 0 Å². The van der Waals surface area contributed by atoms with Crippen molar-refractivity contribution >= 4 is 0 Å². The van der Waals surface area contributed by atoms with E-state index in [1.165, 1.54) is 22.3 Å². The lowest BCUT2D eigenvalue weighted by Gasteiger charge is -2.18. The lowest BCUT2D eigenvalue weighted by atomic mass is 10.0. The summed E-state index contributed by atoms with van der Waals surface area (Å²) in [6.07, 6.45) is 2.21. The third-order valence-electron chi connectivity index (χ3n) is 4.00. The number of hydrogen-bond acceptors (Lipinski definition) is 1. The Kier molecular flexibility index (Phi) is 5.37. The molecule has 2 aromatic carbocycles. The van der Waals surface area contributed by atoms with Gasteiger partial charge in [-0.05, 0) is 42.0 Å². The summed E-state index contributed by atoms with van der Waals surface area (Å²) < 4.78 is 0. The van der Waals surface area contributed by atoms with Gasteiger partial charge >= 0.3 is 0 Å². The Hall–Kier alpha value is -1.60. The highest BCUT2D eigenvalue weighted by Crippen LogP contribution is 2.19. The second-order valence-corrected chi connectivity index (χ2v) is 5.36. The Balaban J connectivity index is 2.03. The minimum atomic E-state index is 0.431. The molecule has 20 heavy (non-hydrogen) atoms. The summed E-state index contributed by atoms with van der Waals surface area (Å²) in [6.45, 7) is 7.54. The van der Waals surface area contributed by atoms with Crippen molar-refractivity contribution < 1.29 is 0 Å². The van der Waals surface area contributed by atoms with Crippen molar-refractivity contribution in [2.45, 2.75) is 46.2 Å². The summed E-state index contributed by atoms with van der Waals surface area (Å²) in [4.78, 5) is 0. The molecule has 0 aliphatic heterocycles. The second kappa shape index (κ2) is 7.25. The van der Waals surface area contributed by atoms with Gasteiger partial charge in [-0.15, -0.1) is 0 Å². The monoisotopic (exact) mass is 267 g/mol. The number of rotatable bonds is 6. The zero-order chi connectivity index (χ0) is 14.4. The molecule has 2 rings (SSSR count). The molecular weight excluding hydrogens is 242 g/mol. The Bertz CT molecular complexity index is 528. The van der Waals surface area contributed by atoms with Crippen molar-refractivity contribution in [2.75, 3.05) is 0 Å². The van der Waals surface area contributed by atoms with E-state index >= 15 is 0 Å². The van der Waals surface area contributed by atoms with Crippen molar-refractivity contribution in [3.05, 3.63) is 70.8 Å². The van der Waals surface area contributed by atoms with Crippen LogP contribution in [-0.2, 0) is 13.0 Å². The molecule has 0 aliphatic carbocycles. The predicted molar refractivity (Wildman–Crippen MR) is 86.9 cm³/mol. The van der Waals surface area contributed by atoms with E-state index in [4.69, 9.17) is 0 Å². The van der Waals surface area contributed by atoms with Crippen LogP contribution in [0.3, 0.4) is 0 Å². The smallest absolute Gasteiger partial charge is 0.0320 e. The van der Waals surface area contributed by atoms with Gasteiger partial charge in [0.15, 0.2) is 0 Å². The Morgan fingerprint density at radius 1 is 0.950 bits per heavy atom. The van der Waals surface area contributed by atoms with Crippen molar-refractivity contribution in [1.82, 2.24) is 5.32 Å². The lowest BCUT2D eigenvalue weighted by Crippen LogP contribution is -2.20. The number of benzene rings is 2. The quantitative estimate of drug-likeness (QED) is 0.793. The maximum absolute atomic E-state index is 3.68. The molecule has 0 spiro atoms. The van der Waals surface area contributed by atoms with Gasteiger partial charge in [-0.2, -0.15) is 0 Å². The first-order valence-electron chi connectivity index (χ1n) is 7.61. The third-order valence-corrected chi connectivity index (χ3v) is 4.00. The maximum atomic E-state index is 3.68. The van der Waals surface area contributed by atoms with Gasteiger partial charge in [0.1, 0.15) is 0 Å². The summed E-state index contributed by atoms with van der Waals surface area (Å²) in [5.74, 6) is 0. The average Bonchev–Trinajstić information content (AvgIpc) is 2.50. The molecule has 106 valence electrons. The summed E-state index contributed by atoms with van der Waals surface area (Å²) >= 11 is 0. The predicted octanol–water partition coefficient (Wildman–Crippen LogP) is 4.80. The van der Waals surface area contributed by atoms with Crippen LogP contribution < -0.4 is 5.32 Å². The average molecular weight is 267 g/mol. The fourth-order valence-corrected chi connectivity index (χ4v) is 2.53. The van der Waals surface area contributed by atoms with Crippen LogP contribution in [0, 0.1) is 6.92 Å². The van der Waals surface area contributed by atoms with Gasteiger partial charge < -0.3 is 5.32 Å². The van der Waals surface area contributed by atoms with Crippen molar-refractivity contribution in [3.8, 4) is 0 Å². The van der Waals surface area contributed by atoms with E-state index < -0.39 is 0 Å². The summed E-state index contributed by atoms with van der Waals surface area (Å²) in [5.41, 5.74) is 5.54. The van der Waals surface area contributed by atoms with E-state index in [9.17, 15) is 0 Å². The molecule has 1 N–H and O–H groups in total. The van der Waals surface area contributed by atoms with E-state index in [1.54, 1.807) is 0 Å². The van der Waals surface area contributed by atoms with Crippen LogP contribution >= 0.6 is 0 Å². The van der Waals surface area contributed by atoms with Gasteiger partial charge in [0, 0.05) is 12.6 Å². The topological polar surface area (TPSA) is 12.0 Å². The van der Waals surface area contributed by atoms with E-state index in [1.807, 2.05) is 0 Å². The highest BCUT2D eigenvalue weighted by molar-refractivity contribution is 5.27. The van der Waals surface area contributed by atoms with Crippen LogP contribution in [0.1, 0.15) is 48.6 Å². The van der Waals surface area contributed by atoms with Gasteiger partial charge in [0.25, 0.3) is 0 Å². The summed E-state index contributed by atoms with van der Waals surface area (Å²) in [7, 11) is 0. The molecule has 1 unspecified atom stereocenters. The fourth-order valence-electron chi connectivity index (χ4n) is 2.53. The molecule has 0 aromatic heterocycles. The van der Waals surface area contributed by atoms with Gasteiger partial charge in [-0.1, -0.05) is 62.4 Å². The normalized spacial score (nSPS) is 12.3. The van der Waals surface area contributed by atoms with Crippen LogP contribution in [0.5, 0.6) is 0 Å². The molecular formula is C19H25N.